The lowest BCUT2D eigenvalue weighted by atomic mass is 9.94. The highest BCUT2D eigenvalue weighted by atomic mass is 16.2. The molecule has 3 amide bonds. The number of carbonyl (C=O) groups is 4. The highest BCUT2D eigenvalue weighted by Crippen LogP contribution is 2.33. The molecule has 4 atom stereocenters. The van der Waals surface area contributed by atoms with Crippen LogP contribution in [0.2, 0.25) is 0 Å². The second-order valence-electron chi connectivity index (χ2n) is 11.9. The Bertz CT molecular complexity index is 1160. The van der Waals surface area contributed by atoms with Crippen molar-refractivity contribution in [1.82, 2.24) is 20.4 Å². The van der Waals surface area contributed by atoms with Crippen LogP contribution in [0.4, 0.5) is 0 Å². The molecule has 2 fully saturated rings. The number of nitrogens with one attached hydrogen (secondary N) is 2. The minimum absolute atomic E-state index is 0.0150. The van der Waals surface area contributed by atoms with Crippen LogP contribution >= 0.6 is 0 Å². The highest BCUT2D eigenvalue weighted by molar-refractivity contribution is 5.93. The third-order valence-corrected chi connectivity index (χ3v) is 8.43. The Labute approximate surface area is 243 Å². The van der Waals surface area contributed by atoms with Gasteiger partial charge < -0.3 is 20.4 Å². The summed E-state index contributed by atoms with van der Waals surface area (Å²) in [6.07, 6.45) is 2.28. The minimum atomic E-state index is -0.690. The number of rotatable bonds is 10. The summed E-state index contributed by atoms with van der Waals surface area (Å²) < 4.78 is 0. The molecule has 8 heteroatoms. The first-order chi connectivity index (χ1) is 19.7. The standard InChI is InChI=1S/C33H44N4O4/c1-22(2)19-30(39)36-18-17-27-15-16-28(37(27)33(41)26(21-36)20-29(38)23(3)34-4)32(40)35-31(24-11-7-5-8-12-24)25-13-9-6-10-14-25/h5-14,22-23,26-28,31,34H,15-21H2,1-4H3,(H,35,40)/t23-,26-,27+,28-/m0/s1. The molecule has 8 nitrogen and oxygen atoms in total. The van der Waals surface area contributed by atoms with Crippen LogP contribution in [-0.2, 0) is 19.2 Å². The van der Waals surface area contributed by atoms with Crippen molar-refractivity contribution in [3.63, 3.8) is 0 Å². The number of Topliss-reactive ketones (excluding diaryl/α,β-unsaturated/α-hetero) is 1. The summed E-state index contributed by atoms with van der Waals surface area (Å²) in [4.78, 5) is 57.7. The van der Waals surface area contributed by atoms with Gasteiger partial charge in [-0.1, -0.05) is 74.5 Å². The van der Waals surface area contributed by atoms with Crippen LogP contribution in [0.3, 0.4) is 0 Å². The second kappa shape index (κ2) is 13.9. The Hall–Kier alpha value is -3.52. The molecule has 41 heavy (non-hydrogen) atoms. The molecule has 0 unspecified atom stereocenters. The van der Waals surface area contributed by atoms with Crippen molar-refractivity contribution in [2.24, 2.45) is 11.8 Å². The number of likely N-dealkylation sites (N-methyl/N-ethyl adjacent to an activating group) is 1. The molecule has 220 valence electrons. The average molecular weight is 561 g/mol. The molecule has 2 aromatic carbocycles. The largest absolute Gasteiger partial charge is 0.343 e. The number of carbonyl (C=O) groups excluding carboxylic acids is 4. The summed E-state index contributed by atoms with van der Waals surface area (Å²) in [5.74, 6) is -0.951. The van der Waals surface area contributed by atoms with E-state index in [1.165, 1.54) is 0 Å². The fraction of sp³-hybridized carbons (Fsp3) is 0.515. The van der Waals surface area contributed by atoms with Crippen LogP contribution < -0.4 is 10.6 Å². The van der Waals surface area contributed by atoms with Crippen LogP contribution in [-0.4, -0.2) is 71.6 Å². The summed E-state index contributed by atoms with van der Waals surface area (Å²) in [6, 6.07) is 18.1. The van der Waals surface area contributed by atoms with E-state index in [0.717, 1.165) is 11.1 Å². The number of benzene rings is 2. The lowest BCUT2D eigenvalue weighted by Crippen LogP contribution is -2.56. The van der Waals surface area contributed by atoms with Gasteiger partial charge in [-0.3, -0.25) is 19.2 Å². The monoisotopic (exact) mass is 560 g/mol. The van der Waals surface area contributed by atoms with E-state index in [0.29, 0.717) is 32.2 Å². The third kappa shape index (κ3) is 7.41. The van der Waals surface area contributed by atoms with E-state index < -0.39 is 18.0 Å². The van der Waals surface area contributed by atoms with Gasteiger partial charge in [0.2, 0.25) is 17.7 Å². The van der Waals surface area contributed by atoms with Crippen molar-refractivity contribution in [1.29, 1.82) is 0 Å². The first kappa shape index (κ1) is 30.4. The maximum absolute atomic E-state index is 14.2. The zero-order valence-electron chi connectivity index (χ0n) is 24.7. The molecule has 4 rings (SSSR count). The van der Waals surface area contributed by atoms with Crippen LogP contribution in [0, 0.1) is 11.8 Å². The van der Waals surface area contributed by atoms with Gasteiger partial charge in [0.15, 0.2) is 0 Å². The second-order valence-corrected chi connectivity index (χ2v) is 11.9. The van der Waals surface area contributed by atoms with Gasteiger partial charge in [-0.25, -0.2) is 0 Å². The zero-order valence-corrected chi connectivity index (χ0v) is 24.7. The van der Waals surface area contributed by atoms with Crippen molar-refractivity contribution in [2.75, 3.05) is 20.1 Å². The molecule has 2 saturated heterocycles. The van der Waals surface area contributed by atoms with Gasteiger partial charge in [0.05, 0.1) is 18.0 Å². The van der Waals surface area contributed by atoms with Gasteiger partial charge in [-0.05, 0) is 50.3 Å². The minimum Gasteiger partial charge on any atom is -0.343 e. The fourth-order valence-corrected chi connectivity index (χ4v) is 6.03. The number of nitrogens with zero attached hydrogens (tertiary/aromatic N) is 2. The Morgan fingerprint density at radius 2 is 1.51 bits per heavy atom. The van der Waals surface area contributed by atoms with E-state index in [9.17, 15) is 19.2 Å². The normalized spacial score (nSPS) is 21.8. The average Bonchev–Trinajstić information content (AvgIpc) is 3.39. The molecule has 0 aliphatic carbocycles. The summed E-state index contributed by atoms with van der Waals surface area (Å²) >= 11 is 0. The molecule has 0 radical (unpaired) electrons. The Morgan fingerprint density at radius 3 is 2.07 bits per heavy atom. The molecule has 2 aliphatic rings. The topological polar surface area (TPSA) is 98.8 Å². The smallest absolute Gasteiger partial charge is 0.243 e. The van der Waals surface area contributed by atoms with Gasteiger partial charge in [-0.15, -0.1) is 0 Å². The van der Waals surface area contributed by atoms with Crippen molar-refractivity contribution < 1.29 is 19.2 Å². The molecule has 2 aromatic rings. The third-order valence-electron chi connectivity index (χ3n) is 8.43. The molecule has 0 aromatic heterocycles. The molecule has 2 heterocycles. The predicted molar refractivity (Wildman–Crippen MR) is 159 cm³/mol. The summed E-state index contributed by atoms with van der Waals surface area (Å²) in [6.45, 7) is 6.49. The van der Waals surface area contributed by atoms with E-state index in [1.807, 2.05) is 74.5 Å². The van der Waals surface area contributed by atoms with Crippen LogP contribution in [0.25, 0.3) is 0 Å². The van der Waals surface area contributed by atoms with Crippen molar-refractivity contribution >= 4 is 23.5 Å². The number of ketones is 1. The molecule has 0 saturated carbocycles. The number of hydrogen-bond acceptors (Lipinski definition) is 5. The van der Waals surface area contributed by atoms with E-state index in [-0.39, 0.29) is 54.5 Å². The van der Waals surface area contributed by atoms with E-state index in [4.69, 9.17) is 0 Å². The van der Waals surface area contributed by atoms with Crippen LogP contribution in [0.1, 0.15) is 70.0 Å². The van der Waals surface area contributed by atoms with Gasteiger partial charge in [-0.2, -0.15) is 0 Å². The van der Waals surface area contributed by atoms with Crippen molar-refractivity contribution in [3.05, 3.63) is 71.8 Å². The summed E-state index contributed by atoms with van der Waals surface area (Å²) in [5.41, 5.74) is 1.92. The van der Waals surface area contributed by atoms with Gasteiger partial charge >= 0.3 is 0 Å². The zero-order chi connectivity index (χ0) is 29.5. The lowest BCUT2D eigenvalue weighted by Gasteiger charge is -2.39. The SMILES string of the molecule is CN[C@@H](C)C(=O)C[C@H]1CN(C(=O)CC(C)C)CC[C@H]2CC[C@@H](C(=O)NC(c3ccccc3)c3ccccc3)N2C1=O. The van der Waals surface area contributed by atoms with Gasteiger partial charge in [0.25, 0.3) is 0 Å². The number of amides is 3. The molecule has 0 spiro atoms. The van der Waals surface area contributed by atoms with Crippen LogP contribution in [0.15, 0.2) is 60.7 Å². The summed E-state index contributed by atoms with van der Waals surface area (Å²) in [7, 11) is 1.72. The van der Waals surface area contributed by atoms with E-state index in [2.05, 4.69) is 10.6 Å². The summed E-state index contributed by atoms with van der Waals surface area (Å²) in [5, 5.41) is 6.20. The Morgan fingerprint density at radius 1 is 0.902 bits per heavy atom. The molecule has 2 N–H and O–H groups in total. The first-order valence-corrected chi connectivity index (χ1v) is 14.9. The van der Waals surface area contributed by atoms with Crippen molar-refractivity contribution in [2.45, 2.75) is 77.0 Å². The molecular weight excluding hydrogens is 516 g/mol. The number of hydrogen-bond donors (Lipinski definition) is 2. The van der Waals surface area contributed by atoms with E-state index in [1.54, 1.807) is 23.8 Å². The predicted octanol–water partition coefficient (Wildman–Crippen LogP) is 3.71. The molecule has 2 aliphatic heterocycles. The lowest BCUT2D eigenvalue weighted by molar-refractivity contribution is -0.149. The van der Waals surface area contributed by atoms with Crippen molar-refractivity contribution in [3.8, 4) is 0 Å². The first-order valence-electron chi connectivity index (χ1n) is 14.9. The molecular formula is C33H44N4O4. The highest BCUT2D eigenvalue weighted by Gasteiger charge is 2.45. The maximum Gasteiger partial charge on any atom is 0.243 e. The quantitative estimate of drug-likeness (QED) is 0.462. The van der Waals surface area contributed by atoms with Crippen LogP contribution in [0.5, 0.6) is 0 Å². The Kier molecular flexibility index (Phi) is 10.3. The fourth-order valence-electron chi connectivity index (χ4n) is 6.03. The Balaban J connectivity index is 1.60. The van der Waals surface area contributed by atoms with E-state index >= 15 is 0 Å². The van der Waals surface area contributed by atoms with Gasteiger partial charge in [0.1, 0.15) is 11.8 Å². The molecule has 0 bridgehead atoms. The van der Waals surface area contributed by atoms with Gasteiger partial charge in [0, 0.05) is 32.0 Å². The maximum atomic E-state index is 14.2. The number of fused-ring (bicyclic) bond motifs is 1.